The van der Waals surface area contributed by atoms with Crippen molar-refractivity contribution in [2.45, 2.75) is 19.6 Å². The fourth-order valence-electron chi connectivity index (χ4n) is 6.75. The van der Waals surface area contributed by atoms with E-state index in [9.17, 15) is 51.9 Å². The van der Waals surface area contributed by atoms with Crippen LogP contribution in [0.1, 0.15) is 0 Å². The molecule has 0 unspecified atom stereocenters. The van der Waals surface area contributed by atoms with Crippen molar-refractivity contribution in [3.05, 3.63) is 72.8 Å². The van der Waals surface area contributed by atoms with E-state index in [-0.39, 0.29) is 50.9 Å². The first-order valence-corrected chi connectivity index (χ1v) is 21.3. The third-order valence-electron chi connectivity index (χ3n) is 8.85. The summed E-state index contributed by atoms with van der Waals surface area (Å²) in [6.07, 6.45) is 0. The van der Waals surface area contributed by atoms with Gasteiger partial charge in [0.25, 0.3) is 40.5 Å². The molecular weight excluding hydrogens is 875 g/mol. The third kappa shape index (κ3) is 6.07. The zero-order valence-corrected chi connectivity index (χ0v) is 31.9. The zero-order chi connectivity index (χ0) is 39.7. The molecule has 0 saturated heterocycles. The summed E-state index contributed by atoms with van der Waals surface area (Å²) >= 11 is 0. The molecule has 8 bridgehead atoms. The van der Waals surface area contributed by atoms with E-state index in [2.05, 4.69) is 29.9 Å². The number of nitrogens with zero attached hydrogens (tertiary/aromatic N) is 6. The minimum Gasteiger partial charge on any atom is -0.324 e. The normalized spacial score (nSPS) is 13.0. The van der Waals surface area contributed by atoms with Crippen LogP contribution >= 0.6 is 0 Å². The number of H-pyrrole nitrogens is 2. The summed E-state index contributed by atoms with van der Waals surface area (Å²) in [7, 11) is -24.6. The maximum absolute atomic E-state index is 13.2. The number of fused-ring (bicyclic) bond motifs is 20. The number of rotatable bonds is 4. The fraction of sp³-hybridized carbons (Fsp3) is 0. The van der Waals surface area contributed by atoms with Gasteiger partial charge in [0.2, 0.25) is 0 Å². The van der Waals surface area contributed by atoms with Crippen LogP contribution in [0.2, 0.25) is 0 Å². The van der Waals surface area contributed by atoms with E-state index >= 15 is 0 Å². The Morgan fingerprint density at radius 2 is 0.632 bits per heavy atom. The van der Waals surface area contributed by atoms with Crippen LogP contribution in [-0.2, 0) is 57.0 Å². The fourth-order valence-corrected chi connectivity index (χ4v) is 11.7. The molecule has 9 rings (SSSR count). The van der Waals surface area contributed by atoms with Gasteiger partial charge in [0.05, 0.1) is 10.8 Å². The molecule has 20 nitrogen and oxygen atoms in total. The molecule has 0 aliphatic carbocycles. The first-order chi connectivity index (χ1) is 26.3. The summed E-state index contributed by atoms with van der Waals surface area (Å²) < 4.78 is 146. The molecule has 0 fully saturated rings. The molecule has 7 aromatic rings. The van der Waals surface area contributed by atoms with Gasteiger partial charge in [0.15, 0.2) is 23.3 Å². The van der Waals surface area contributed by atoms with Crippen molar-refractivity contribution in [1.29, 1.82) is 0 Å². The van der Waals surface area contributed by atoms with Gasteiger partial charge < -0.3 is 9.97 Å². The van der Waals surface area contributed by atoms with Crippen LogP contribution in [0.3, 0.4) is 0 Å². The molecule has 0 saturated carbocycles. The SMILES string of the molecule is O=S(=O)(O)c1c(S(=O)(=O)O)c(S(=O)(=O)O)c2c3nc4nc(nc5[nH]c(nc6nc(nc([nH]3)c2c1S(=O)(=O)O)-c1ccccc1-6)c1ccccc51)-c1ccccc1-4.[Ni]. The molecular formula is C32H18N8NiO12S4. The van der Waals surface area contributed by atoms with Gasteiger partial charge >= 0.3 is 0 Å². The Morgan fingerprint density at radius 1 is 0.368 bits per heavy atom. The summed E-state index contributed by atoms with van der Waals surface area (Å²) in [6, 6.07) is 19.9. The number of aromatic nitrogens is 8. The Hall–Kier alpha value is -5.63. The van der Waals surface area contributed by atoms with E-state index in [1.807, 2.05) is 0 Å². The van der Waals surface area contributed by atoms with Gasteiger partial charge in [-0.15, -0.1) is 0 Å². The molecule has 292 valence electrons. The maximum Gasteiger partial charge on any atom is 0.297 e. The molecule has 0 radical (unpaired) electrons. The molecule has 4 aromatic carbocycles. The number of benzene rings is 4. The number of aromatic amines is 2. The first-order valence-electron chi connectivity index (χ1n) is 15.5. The van der Waals surface area contributed by atoms with E-state index in [1.54, 1.807) is 60.7 Å². The van der Waals surface area contributed by atoms with Crippen LogP contribution < -0.4 is 0 Å². The predicted molar refractivity (Wildman–Crippen MR) is 195 cm³/mol. The van der Waals surface area contributed by atoms with Crippen LogP contribution in [-0.4, -0.2) is 91.8 Å². The Labute approximate surface area is 329 Å². The van der Waals surface area contributed by atoms with Crippen molar-refractivity contribution < 1.29 is 68.4 Å². The molecule has 2 aliphatic heterocycles. The van der Waals surface area contributed by atoms with Crippen LogP contribution in [0.4, 0.5) is 0 Å². The molecule has 2 aliphatic rings. The van der Waals surface area contributed by atoms with Crippen LogP contribution in [0.15, 0.2) is 92.4 Å². The Balaban J connectivity index is 0.00000455. The molecule has 0 spiro atoms. The zero-order valence-electron chi connectivity index (χ0n) is 27.6. The molecule has 5 heterocycles. The Morgan fingerprint density at radius 3 is 0.930 bits per heavy atom. The van der Waals surface area contributed by atoms with Gasteiger partial charge in [-0.3, -0.25) is 18.2 Å². The van der Waals surface area contributed by atoms with Gasteiger partial charge in [-0.1, -0.05) is 72.8 Å². The van der Waals surface area contributed by atoms with Crippen molar-refractivity contribution >= 4 is 84.6 Å². The number of hydrogen-bond acceptors (Lipinski definition) is 14. The van der Waals surface area contributed by atoms with E-state index in [4.69, 9.17) is 9.97 Å². The first kappa shape index (κ1) is 38.3. The van der Waals surface area contributed by atoms with Crippen molar-refractivity contribution in [1.82, 2.24) is 39.9 Å². The second-order valence-electron chi connectivity index (χ2n) is 12.2. The van der Waals surface area contributed by atoms with E-state index in [1.165, 1.54) is 12.1 Å². The van der Waals surface area contributed by atoms with Crippen molar-refractivity contribution in [3.63, 3.8) is 0 Å². The molecule has 25 heteroatoms. The monoisotopic (exact) mass is 892 g/mol. The van der Waals surface area contributed by atoms with Crippen molar-refractivity contribution in [3.8, 4) is 45.6 Å². The van der Waals surface area contributed by atoms with Gasteiger partial charge in [-0.25, -0.2) is 29.9 Å². The largest absolute Gasteiger partial charge is 0.324 e. The van der Waals surface area contributed by atoms with Crippen LogP contribution in [0.25, 0.3) is 89.7 Å². The van der Waals surface area contributed by atoms with Crippen molar-refractivity contribution in [2.75, 3.05) is 0 Å². The van der Waals surface area contributed by atoms with E-state index < -0.39 is 82.1 Å². The van der Waals surface area contributed by atoms with Crippen molar-refractivity contribution in [2.24, 2.45) is 0 Å². The second-order valence-corrected chi connectivity index (χ2v) is 17.6. The van der Waals surface area contributed by atoms with Crippen LogP contribution in [0.5, 0.6) is 0 Å². The van der Waals surface area contributed by atoms with E-state index in [0.717, 1.165) is 0 Å². The Kier molecular flexibility index (Phi) is 8.52. The average molecular weight is 894 g/mol. The second kappa shape index (κ2) is 12.7. The predicted octanol–water partition coefficient (Wildman–Crippen LogP) is 3.85. The minimum atomic E-state index is -6.24. The van der Waals surface area contributed by atoms with Gasteiger partial charge in [0.1, 0.15) is 42.2 Å². The summed E-state index contributed by atoms with van der Waals surface area (Å²) in [5.41, 5.74) is 0.187. The van der Waals surface area contributed by atoms with Gasteiger partial charge in [-0.2, -0.15) is 33.7 Å². The quantitative estimate of drug-likeness (QED) is 0.108. The third-order valence-corrected chi connectivity index (χ3v) is 12.9. The topological polar surface area (TPSA) is 326 Å². The molecule has 0 amide bonds. The minimum absolute atomic E-state index is 0. The maximum atomic E-state index is 13.2. The summed E-state index contributed by atoms with van der Waals surface area (Å²) in [4.78, 5) is 24.5. The summed E-state index contributed by atoms with van der Waals surface area (Å²) in [6.45, 7) is 0. The van der Waals surface area contributed by atoms with Crippen LogP contribution in [0, 0.1) is 0 Å². The molecule has 57 heavy (non-hydrogen) atoms. The smallest absolute Gasteiger partial charge is 0.297 e. The van der Waals surface area contributed by atoms with Gasteiger partial charge in [0, 0.05) is 49.5 Å². The standard InChI is InChI=1S/C32H18N8O12S4.Ni/c41-53(42,43)21-19-20(22(54(44,45)46)24(56(50,51)52)23(21)55(47,48)49)32-39-30-18-12-6-4-10-16(18)28(37-30)35-26-14-8-2-1-7-13(14)25(33-26)34-27-15-9-3-5-11-17(15)29(36-27)38-31(19)40-32;/h1-12H,(H,41,42,43)(H,44,45,46)(H,47,48,49)(H,50,51,52)(H2,33,34,35,36,37,38,39,40);. The number of hydrogen-bond donors (Lipinski definition) is 6. The molecule has 0 atom stereocenters. The van der Waals surface area contributed by atoms with Gasteiger partial charge in [-0.05, 0) is 0 Å². The number of nitrogens with one attached hydrogen (secondary N) is 2. The van der Waals surface area contributed by atoms with E-state index in [0.29, 0.717) is 33.2 Å². The summed E-state index contributed by atoms with van der Waals surface area (Å²) in [5.74, 6) is -0.428. The molecule has 3 aromatic heterocycles. The molecule has 6 N–H and O–H groups in total. The average Bonchev–Trinajstić information content (AvgIpc) is 3.84. The summed E-state index contributed by atoms with van der Waals surface area (Å²) in [5, 5.41) is -1.17. The Bertz CT molecular complexity index is 3380.